The summed E-state index contributed by atoms with van der Waals surface area (Å²) in [5, 5.41) is 108. The lowest BCUT2D eigenvalue weighted by molar-refractivity contribution is -0.361. The van der Waals surface area contributed by atoms with Crippen LogP contribution in [0, 0.1) is 56.7 Å². The number of hydrogen-bond donors (Lipinski definition) is 10. The van der Waals surface area contributed by atoms with E-state index in [0.29, 0.717) is 25.2 Å². The van der Waals surface area contributed by atoms with E-state index in [4.69, 9.17) is 28.4 Å². The quantitative estimate of drug-likeness (QED) is 0.0796. The van der Waals surface area contributed by atoms with E-state index in [2.05, 4.69) is 27.4 Å². The molecule has 0 spiro atoms. The van der Waals surface area contributed by atoms with Crippen LogP contribution in [0.25, 0.3) is 0 Å². The highest BCUT2D eigenvalue weighted by molar-refractivity contribution is 5.78. The number of aldehydes is 1. The summed E-state index contributed by atoms with van der Waals surface area (Å²) in [5.74, 6) is -0.178. The smallest absolute Gasteiger partial charge is 0.314 e. The van der Waals surface area contributed by atoms with Gasteiger partial charge in [0.05, 0.1) is 36.3 Å². The summed E-state index contributed by atoms with van der Waals surface area (Å²) in [4.78, 5) is 27.6. The van der Waals surface area contributed by atoms with Gasteiger partial charge in [0.2, 0.25) is 6.29 Å². The molecule has 0 aromatic rings. The van der Waals surface area contributed by atoms with Gasteiger partial charge in [0, 0.05) is 0 Å². The summed E-state index contributed by atoms with van der Waals surface area (Å²) in [6.07, 6.45) is -16.4. The Bertz CT molecular complexity index is 1800. The Labute approximate surface area is 386 Å². The minimum Gasteiger partial charge on any atom is -0.432 e. The largest absolute Gasteiger partial charge is 0.432 e. The Morgan fingerprint density at radius 2 is 1.33 bits per heavy atom. The Kier molecular flexibility index (Phi) is 13.9. The lowest BCUT2D eigenvalue weighted by Crippen LogP contribution is -2.67. The molecule has 26 atom stereocenters. The highest BCUT2D eigenvalue weighted by Gasteiger charge is 2.73. The third-order valence-corrected chi connectivity index (χ3v) is 19.7. The van der Waals surface area contributed by atoms with Gasteiger partial charge in [0.1, 0.15) is 73.4 Å². The van der Waals surface area contributed by atoms with E-state index in [1.807, 2.05) is 13.8 Å². The fraction of sp³-hybridized carbons (Fsp3) is 0.917. The van der Waals surface area contributed by atoms with Gasteiger partial charge in [-0.25, -0.2) is 0 Å². The second kappa shape index (κ2) is 18.2. The molecule has 376 valence electrons. The SMILES string of the molecule is C=C(C)[C@@H]1CC[C@]2(C(=O)O[C@@H]3O[C@H](CO[C@@H]4O[C@H](CO)[C@@H](O[C@@H]5O[C@@H](C)[C@H](O)[C@@H](O)[C@H]5O)[C@H](O)[C@H]4O)[C@@H](O)[C@H](O)[C@H]3O)CC[C@]3(C)[C@H](CC[C@@H]4[C@@]5(C)CC[C@@H](O)[C@@](C)(C=O)[C@@H]5CC[C@]43C)[C@@H]12. The molecule has 18 nitrogen and oxygen atoms in total. The van der Waals surface area contributed by atoms with Crippen LogP contribution < -0.4 is 0 Å². The first-order valence-corrected chi connectivity index (χ1v) is 24.3. The van der Waals surface area contributed by atoms with Gasteiger partial charge in [0.15, 0.2) is 12.6 Å². The van der Waals surface area contributed by atoms with E-state index >= 15 is 0 Å². The van der Waals surface area contributed by atoms with Crippen LogP contribution >= 0.6 is 0 Å². The molecule has 0 radical (unpaired) electrons. The zero-order valence-electron chi connectivity index (χ0n) is 39.1. The van der Waals surface area contributed by atoms with Crippen molar-refractivity contribution in [1.82, 2.24) is 0 Å². The first-order chi connectivity index (χ1) is 30.9. The molecule has 5 aliphatic carbocycles. The predicted molar refractivity (Wildman–Crippen MR) is 229 cm³/mol. The van der Waals surface area contributed by atoms with Crippen molar-refractivity contribution in [1.29, 1.82) is 0 Å². The van der Waals surface area contributed by atoms with Crippen LogP contribution in [0.3, 0.4) is 0 Å². The van der Waals surface area contributed by atoms with Crippen LogP contribution in [-0.2, 0) is 38.0 Å². The number of rotatable bonds is 10. The van der Waals surface area contributed by atoms with Gasteiger partial charge in [-0.3, -0.25) is 4.79 Å². The molecule has 66 heavy (non-hydrogen) atoms. The second-order valence-electron chi connectivity index (χ2n) is 22.6. The van der Waals surface area contributed by atoms with Gasteiger partial charge < -0.3 is 84.3 Å². The fourth-order valence-corrected chi connectivity index (χ4v) is 15.6. The lowest BCUT2D eigenvalue weighted by Gasteiger charge is -2.72. The maximum absolute atomic E-state index is 15.0. The molecule has 0 unspecified atom stereocenters. The van der Waals surface area contributed by atoms with E-state index in [9.17, 15) is 60.7 Å². The topological polar surface area (TPSA) is 292 Å². The number of fused-ring (bicyclic) bond motifs is 7. The fourth-order valence-electron chi connectivity index (χ4n) is 15.6. The second-order valence-corrected chi connectivity index (χ2v) is 22.6. The van der Waals surface area contributed by atoms with Crippen molar-refractivity contribution in [3.63, 3.8) is 0 Å². The van der Waals surface area contributed by atoms with E-state index in [1.54, 1.807) is 0 Å². The van der Waals surface area contributed by atoms with Crippen LogP contribution in [0.2, 0.25) is 0 Å². The molecule has 3 saturated heterocycles. The Hall–Kier alpha value is -1.72. The molecule has 0 aromatic heterocycles. The van der Waals surface area contributed by atoms with Gasteiger partial charge in [-0.1, -0.05) is 39.8 Å². The maximum Gasteiger partial charge on any atom is 0.314 e. The molecule has 8 aliphatic rings. The average molecular weight is 941 g/mol. The molecule has 3 aliphatic heterocycles. The predicted octanol–water partition coefficient (Wildman–Crippen LogP) is 0.203. The molecule has 0 aromatic carbocycles. The molecule has 18 heteroatoms. The number of hydrogen-bond acceptors (Lipinski definition) is 18. The van der Waals surface area contributed by atoms with Crippen LogP contribution in [-0.4, -0.2) is 175 Å². The zero-order valence-corrected chi connectivity index (χ0v) is 39.1. The van der Waals surface area contributed by atoms with Gasteiger partial charge in [0.25, 0.3) is 0 Å². The molecule has 3 heterocycles. The van der Waals surface area contributed by atoms with E-state index in [0.717, 1.165) is 56.8 Å². The van der Waals surface area contributed by atoms with E-state index in [1.165, 1.54) is 6.92 Å². The van der Waals surface area contributed by atoms with Gasteiger partial charge in [-0.05, 0) is 124 Å². The van der Waals surface area contributed by atoms with Gasteiger partial charge in [-0.2, -0.15) is 0 Å². The van der Waals surface area contributed by atoms with Crippen molar-refractivity contribution in [2.75, 3.05) is 13.2 Å². The zero-order chi connectivity index (χ0) is 48.2. The minimum absolute atomic E-state index is 0.0246. The molecule has 0 amide bonds. The molecular formula is C48H76O18. The van der Waals surface area contributed by atoms with Gasteiger partial charge in [-0.15, -0.1) is 0 Å². The van der Waals surface area contributed by atoms with Crippen molar-refractivity contribution < 1.29 is 89.1 Å². The third kappa shape index (κ3) is 7.61. The van der Waals surface area contributed by atoms with Crippen LogP contribution in [0.4, 0.5) is 0 Å². The highest BCUT2D eigenvalue weighted by Crippen LogP contribution is 2.77. The van der Waals surface area contributed by atoms with Crippen molar-refractivity contribution >= 4 is 12.3 Å². The van der Waals surface area contributed by atoms with Crippen LogP contribution in [0.1, 0.15) is 106 Å². The van der Waals surface area contributed by atoms with Crippen molar-refractivity contribution in [2.45, 2.75) is 204 Å². The minimum atomic E-state index is -1.85. The summed E-state index contributed by atoms with van der Waals surface area (Å²) < 4.78 is 34.7. The standard InChI is InChI=1S/C48H76O18/c1-21(2)23-10-15-48(17-16-46(6)24(30(23)48)8-9-28-44(4)13-12-29(51)45(5,20-50)27(44)11-14-47(28,46)7)43(60)66-42-37(58)34(55)32(53)26(64-42)19-61-40-38(59)35(56)39(25(18-49)63-40)65-41-36(57)33(54)31(52)22(3)62-41/h20,22-42,49,51-59H,1,8-19H2,2-7H3/t22-,23-,24+,25+,26+,27+,28+,29+,30+,31-,32+,33+,34-,35+,36+,37+,38+,39+,40+,41-,42-,44-,45-,46+,47+,48-/m0/s1. The number of esters is 1. The maximum atomic E-state index is 15.0. The van der Waals surface area contributed by atoms with Gasteiger partial charge >= 0.3 is 5.97 Å². The molecular weight excluding hydrogens is 865 g/mol. The van der Waals surface area contributed by atoms with E-state index in [-0.39, 0.29) is 39.9 Å². The molecule has 5 saturated carbocycles. The highest BCUT2D eigenvalue weighted by atomic mass is 16.8. The van der Waals surface area contributed by atoms with Crippen molar-refractivity contribution in [2.24, 2.45) is 56.7 Å². The molecule has 10 N–H and O–H groups in total. The number of aliphatic hydroxyl groups excluding tert-OH is 10. The number of carbonyl (C=O) groups excluding carboxylic acids is 2. The Morgan fingerprint density at radius 1 is 0.682 bits per heavy atom. The molecule has 8 fully saturated rings. The van der Waals surface area contributed by atoms with Crippen LogP contribution in [0.5, 0.6) is 0 Å². The number of allylic oxidation sites excluding steroid dienone is 1. The Morgan fingerprint density at radius 3 is 2.00 bits per heavy atom. The number of carbonyl (C=O) groups is 2. The van der Waals surface area contributed by atoms with Crippen LogP contribution in [0.15, 0.2) is 12.2 Å². The normalized spacial score (nSPS) is 56.0. The summed E-state index contributed by atoms with van der Waals surface area (Å²) in [6, 6.07) is 0. The summed E-state index contributed by atoms with van der Waals surface area (Å²) in [5.41, 5.74) is -1.21. The van der Waals surface area contributed by atoms with Crippen molar-refractivity contribution in [3.8, 4) is 0 Å². The molecule has 0 bridgehead atoms. The summed E-state index contributed by atoms with van der Waals surface area (Å²) in [7, 11) is 0. The van der Waals surface area contributed by atoms with Crippen molar-refractivity contribution in [3.05, 3.63) is 12.2 Å². The lowest BCUT2D eigenvalue weighted by atomic mass is 9.32. The summed E-state index contributed by atoms with van der Waals surface area (Å²) >= 11 is 0. The average Bonchev–Trinajstić information content (AvgIpc) is 3.69. The monoisotopic (exact) mass is 941 g/mol. The first-order valence-electron chi connectivity index (χ1n) is 24.3. The first kappa shape index (κ1) is 50.7. The number of aliphatic hydroxyl groups is 10. The Balaban J connectivity index is 0.966. The van der Waals surface area contributed by atoms with E-state index < -0.39 is 128 Å². The third-order valence-electron chi connectivity index (χ3n) is 19.7. The number of ether oxygens (including phenoxy) is 6. The summed E-state index contributed by atoms with van der Waals surface area (Å²) in [6.45, 7) is 15.6. The molecule has 8 rings (SSSR count).